The highest BCUT2D eigenvalue weighted by Crippen LogP contribution is 2.35. The lowest BCUT2D eigenvalue weighted by Gasteiger charge is -2.24. The molecule has 0 radical (unpaired) electrons. The van der Waals surface area contributed by atoms with Crippen molar-refractivity contribution in [2.45, 2.75) is 32.6 Å². The molecule has 1 unspecified atom stereocenters. The summed E-state index contributed by atoms with van der Waals surface area (Å²) in [5.41, 5.74) is 3.25. The minimum absolute atomic E-state index is 0.255. The Morgan fingerprint density at radius 3 is 2.80 bits per heavy atom. The molecule has 0 fully saturated rings. The highest BCUT2D eigenvalue weighted by Gasteiger charge is 2.24. The van der Waals surface area contributed by atoms with Crippen LogP contribution in [0.1, 0.15) is 47.2 Å². The molecule has 2 nitrogen and oxygen atoms in total. The molecule has 0 aromatic heterocycles. The molecule has 0 amide bonds. The Hall–Kier alpha value is -1.31. The van der Waals surface area contributed by atoms with E-state index < -0.39 is 0 Å². The molecule has 1 aliphatic carbocycles. The molecule has 1 aliphatic rings. The van der Waals surface area contributed by atoms with Crippen molar-refractivity contribution in [2.24, 2.45) is 0 Å². The first kappa shape index (κ1) is 10.2. The number of hydrogen-bond acceptors (Lipinski definition) is 2. The van der Waals surface area contributed by atoms with Crippen LogP contribution in [0.15, 0.2) is 12.1 Å². The number of methoxy groups -OCH3 is 1. The monoisotopic (exact) mass is 204 g/mol. The fourth-order valence-corrected chi connectivity index (χ4v) is 2.39. The van der Waals surface area contributed by atoms with Gasteiger partial charge in [-0.15, -0.1) is 0 Å². The number of rotatable bonds is 1. The number of hydrogen-bond donors (Lipinski definition) is 0. The van der Waals surface area contributed by atoms with Crippen molar-refractivity contribution in [3.63, 3.8) is 0 Å². The highest BCUT2D eigenvalue weighted by atomic mass is 16.5. The molecule has 0 spiro atoms. The Morgan fingerprint density at radius 1 is 1.40 bits per heavy atom. The summed E-state index contributed by atoms with van der Waals surface area (Å²) in [7, 11) is 1.64. The molecule has 0 N–H and O–H groups in total. The summed E-state index contributed by atoms with van der Waals surface area (Å²) >= 11 is 0. The number of Topliss-reactive ketones (excluding diaryl/α,β-unsaturated/α-hetero) is 1. The van der Waals surface area contributed by atoms with Gasteiger partial charge in [-0.05, 0) is 42.5 Å². The van der Waals surface area contributed by atoms with Crippen LogP contribution < -0.4 is 4.74 Å². The van der Waals surface area contributed by atoms with E-state index in [1.165, 1.54) is 11.1 Å². The van der Waals surface area contributed by atoms with Gasteiger partial charge in [0.1, 0.15) is 5.75 Å². The van der Waals surface area contributed by atoms with E-state index in [1.807, 2.05) is 12.1 Å². The van der Waals surface area contributed by atoms with Crippen LogP contribution >= 0.6 is 0 Å². The second-order valence-electron chi connectivity index (χ2n) is 4.27. The van der Waals surface area contributed by atoms with E-state index in [1.54, 1.807) is 7.11 Å². The lowest BCUT2D eigenvalue weighted by Crippen LogP contribution is -2.15. The van der Waals surface area contributed by atoms with E-state index in [0.29, 0.717) is 12.3 Å². The van der Waals surface area contributed by atoms with Gasteiger partial charge in [0, 0.05) is 12.0 Å². The molecule has 2 rings (SSSR count). The van der Waals surface area contributed by atoms with E-state index in [0.717, 1.165) is 17.7 Å². The van der Waals surface area contributed by atoms with Crippen LogP contribution in [0.3, 0.4) is 0 Å². The van der Waals surface area contributed by atoms with Crippen molar-refractivity contribution in [1.82, 2.24) is 0 Å². The Balaban J connectivity index is 2.61. The fraction of sp³-hybridized carbons (Fsp3) is 0.462. The van der Waals surface area contributed by atoms with Gasteiger partial charge in [-0.3, -0.25) is 4.79 Å². The molecule has 0 saturated carbocycles. The molecule has 0 aliphatic heterocycles. The normalized spacial score (nSPS) is 19.9. The summed E-state index contributed by atoms with van der Waals surface area (Å²) < 4.78 is 5.19. The standard InChI is InChI=1S/C13H16O2/c1-8-4-5-12(14)11-7-10(15-3)6-9(2)13(8)11/h6-8H,4-5H2,1-3H3. The number of ether oxygens (including phenoxy) is 1. The molecule has 1 atom stereocenters. The van der Waals surface area contributed by atoms with Crippen LogP contribution in [0.5, 0.6) is 5.75 Å². The van der Waals surface area contributed by atoms with Crippen LogP contribution in [0, 0.1) is 6.92 Å². The molecular weight excluding hydrogens is 188 g/mol. The van der Waals surface area contributed by atoms with Gasteiger partial charge in [-0.1, -0.05) is 6.92 Å². The molecule has 80 valence electrons. The van der Waals surface area contributed by atoms with Gasteiger partial charge in [0.15, 0.2) is 5.78 Å². The van der Waals surface area contributed by atoms with Crippen LogP contribution in [-0.4, -0.2) is 12.9 Å². The summed E-state index contributed by atoms with van der Waals surface area (Å²) in [5.74, 6) is 1.53. The van der Waals surface area contributed by atoms with Crippen molar-refractivity contribution < 1.29 is 9.53 Å². The van der Waals surface area contributed by atoms with E-state index >= 15 is 0 Å². The van der Waals surface area contributed by atoms with Crippen LogP contribution in [0.2, 0.25) is 0 Å². The lowest BCUT2D eigenvalue weighted by atomic mass is 9.80. The van der Waals surface area contributed by atoms with Gasteiger partial charge in [-0.25, -0.2) is 0 Å². The van der Waals surface area contributed by atoms with Crippen molar-refractivity contribution in [3.8, 4) is 5.75 Å². The number of benzene rings is 1. The summed E-state index contributed by atoms with van der Waals surface area (Å²) in [6.45, 7) is 4.24. The van der Waals surface area contributed by atoms with Gasteiger partial charge >= 0.3 is 0 Å². The van der Waals surface area contributed by atoms with Gasteiger partial charge in [0.05, 0.1) is 7.11 Å². The molecule has 2 heteroatoms. The van der Waals surface area contributed by atoms with Crippen molar-refractivity contribution >= 4 is 5.78 Å². The zero-order valence-corrected chi connectivity index (χ0v) is 9.46. The highest BCUT2D eigenvalue weighted by molar-refractivity contribution is 5.99. The van der Waals surface area contributed by atoms with Gasteiger partial charge in [0.25, 0.3) is 0 Å². The second kappa shape index (κ2) is 3.69. The zero-order chi connectivity index (χ0) is 11.0. The third-order valence-corrected chi connectivity index (χ3v) is 3.19. The zero-order valence-electron chi connectivity index (χ0n) is 9.46. The average Bonchev–Trinajstić information content (AvgIpc) is 2.23. The third kappa shape index (κ3) is 1.65. The number of carbonyl (C=O) groups excluding carboxylic acids is 1. The largest absolute Gasteiger partial charge is 0.497 e. The van der Waals surface area contributed by atoms with Crippen molar-refractivity contribution in [3.05, 3.63) is 28.8 Å². The number of fused-ring (bicyclic) bond motifs is 1. The van der Waals surface area contributed by atoms with E-state index in [4.69, 9.17) is 4.74 Å². The molecule has 0 bridgehead atoms. The third-order valence-electron chi connectivity index (χ3n) is 3.19. The van der Waals surface area contributed by atoms with E-state index in [9.17, 15) is 4.79 Å². The Labute approximate surface area is 90.3 Å². The van der Waals surface area contributed by atoms with Crippen LogP contribution in [0.4, 0.5) is 0 Å². The first-order valence-corrected chi connectivity index (χ1v) is 5.35. The predicted octanol–water partition coefficient (Wildman–Crippen LogP) is 3.08. The SMILES string of the molecule is COc1cc(C)c2c(c1)C(=O)CCC2C. The summed E-state index contributed by atoms with van der Waals surface area (Å²) in [4.78, 5) is 11.8. The van der Waals surface area contributed by atoms with Gasteiger partial charge < -0.3 is 4.74 Å². The van der Waals surface area contributed by atoms with Gasteiger partial charge in [0.2, 0.25) is 0 Å². The molecule has 0 saturated heterocycles. The quantitative estimate of drug-likeness (QED) is 0.702. The van der Waals surface area contributed by atoms with Crippen molar-refractivity contribution in [2.75, 3.05) is 7.11 Å². The van der Waals surface area contributed by atoms with Gasteiger partial charge in [-0.2, -0.15) is 0 Å². The number of ketones is 1. The number of carbonyl (C=O) groups is 1. The minimum Gasteiger partial charge on any atom is -0.497 e. The second-order valence-corrected chi connectivity index (χ2v) is 4.27. The summed E-state index contributed by atoms with van der Waals surface area (Å²) in [6, 6.07) is 3.88. The molecule has 0 heterocycles. The maximum absolute atomic E-state index is 11.8. The van der Waals surface area contributed by atoms with Crippen LogP contribution in [-0.2, 0) is 0 Å². The summed E-state index contributed by atoms with van der Waals surface area (Å²) in [5, 5.41) is 0. The smallest absolute Gasteiger partial charge is 0.163 e. The first-order chi connectivity index (χ1) is 7.13. The predicted molar refractivity (Wildman–Crippen MR) is 59.7 cm³/mol. The Morgan fingerprint density at radius 2 is 2.13 bits per heavy atom. The molecule has 1 aromatic carbocycles. The average molecular weight is 204 g/mol. The van der Waals surface area contributed by atoms with E-state index in [-0.39, 0.29) is 5.78 Å². The maximum Gasteiger partial charge on any atom is 0.163 e. The Bertz CT molecular complexity index is 407. The van der Waals surface area contributed by atoms with Crippen molar-refractivity contribution in [1.29, 1.82) is 0 Å². The van der Waals surface area contributed by atoms with Crippen LogP contribution in [0.25, 0.3) is 0 Å². The van der Waals surface area contributed by atoms with E-state index in [2.05, 4.69) is 13.8 Å². The fourth-order valence-electron chi connectivity index (χ4n) is 2.39. The Kier molecular flexibility index (Phi) is 2.51. The molecule has 15 heavy (non-hydrogen) atoms. The molecular formula is C13H16O2. The lowest BCUT2D eigenvalue weighted by molar-refractivity contribution is 0.0967. The minimum atomic E-state index is 0.255. The topological polar surface area (TPSA) is 26.3 Å². The summed E-state index contributed by atoms with van der Waals surface area (Å²) in [6.07, 6.45) is 1.64. The first-order valence-electron chi connectivity index (χ1n) is 5.35. The molecule has 1 aromatic rings. The maximum atomic E-state index is 11.8. The number of aryl methyl sites for hydroxylation is 1.